The van der Waals surface area contributed by atoms with Gasteiger partial charge in [-0.3, -0.25) is 0 Å². The van der Waals surface area contributed by atoms with E-state index in [0.29, 0.717) is 6.61 Å². The summed E-state index contributed by atoms with van der Waals surface area (Å²) in [6.07, 6.45) is 0.911. The highest BCUT2D eigenvalue weighted by atomic mass is 16.5. The quantitative estimate of drug-likeness (QED) is 0.865. The molecule has 0 saturated heterocycles. The van der Waals surface area contributed by atoms with Crippen LogP contribution < -0.4 is 10.5 Å². The largest absolute Gasteiger partial charge is 0.491 e. The van der Waals surface area contributed by atoms with E-state index in [2.05, 4.69) is 4.99 Å². The van der Waals surface area contributed by atoms with Gasteiger partial charge in [0.15, 0.2) is 0 Å². The van der Waals surface area contributed by atoms with Crippen molar-refractivity contribution in [3.63, 3.8) is 0 Å². The van der Waals surface area contributed by atoms with Crippen molar-refractivity contribution in [3.05, 3.63) is 29.8 Å². The van der Waals surface area contributed by atoms with Crippen LogP contribution in [0.5, 0.6) is 5.75 Å². The van der Waals surface area contributed by atoms with E-state index in [-0.39, 0.29) is 18.2 Å². The Kier molecular flexibility index (Phi) is 3.52. The zero-order chi connectivity index (χ0) is 12.3. The molecule has 1 aromatic rings. The molecule has 1 aromatic carbocycles. The Hall–Kier alpha value is -1.71. The fraction of sp³-hybridized carbons (Fsp3) is 0.462. The minimum absolute atomic E-state index is 0.0973. The van der Waals surface area contributed by atoms with Crippen LogP contribution in [-0.2, 0) is 4.74 Å². The van der Waals surface area contributed by atoms with Crippen LogP contribution in [0.3, 0.4) is 0 Å². The van der Waals surface area contributed by atoms with Gasteiger partial charge in [-0.2, -0.15) is 0 Å². The molecular formula is C13H18N2O2. The highest BCUT2D eigenvalue weighted by molar-refractivity contribution is 5.73. The molecule has 0 saturated carbocycles. The second-order valence-electron chi connectivity index (χ2n) is 4.41. The summed E-state index contributed by atoms with van der Waals surface area (Å²) in [6.45, 7) is 4.65. The predicted molar refractivity (Wildman–Crippen MR) is 67.2 cm³/mol. The minimum atomic E-state index is 0.0973. The highest BCUT2D eigenvalue weighted by Gasteiger charge is 2.20. The van der Waals surface area contributed by atoms with Crippen molar-refractivity contribution in [1.82, 2.24) is 0 Å². The van der Waals surface area contributed by atoms with E-state index in [1.807, 2.05) is 38.1 Å². The number of hydrogen-bond acceptors (Lipinski definition) is 4. The number of nitrogens with zero attached hydrogens (tertiary/aromatic N) is 1. The molecule has 2 N–H and O–H groups in total. The third kappa shape index (κ3) is 3.37. The Morgan fingerprint density at radius 1 is 1.59 bits per heavy atom. The first-order valence-corrected chi connectivity index (χ1v) is 5.83. The van der Waals surface area contributed by atoms with Crippen molar-refractivity contribution >= 4 is 6.02 Å². The number of amidine groups is 1. The molecule has 4 heteroatoms. The van der Waals surface area contributed by atoms with Crippen molar-refractivity contribution in [3.8, 4) is 5.75 Å². The maximum Gasteiger partial charge on any atom is 0.282 e. The van der Waals surface area contributed by atoms with Crippen molar-refractivity contribution in [2.24, 2.45) is 10.7 Å². The summed E-state index contributed by atoms with van der Waals surface area (Å²) in [5.74, 6) is 0.897. The molecule has 0 radical (unpaired) electrons. The van der Waals surface area contributed by atoms with E-state index in [1.165, 1.54) is 5.56 Å². The Labute approximate surface area is 101 Å². The third-order valence-corrected chi connectivity index (χ3v) is 2.66. The summed E-state index contributed by atoms with van der Waals surface area (Å²) in [5, 5.41) is 0. The minimum Gasteiger partial charge on any atom is -0.491 e. The average Bonchev–Trinajstić information content (AvgIpc) is 2.63. The Morgan fingerprint density at radius 2 is 2.41 bits per heavy atom. The number of hydrogen-bond donors (Lipinski definition) is 1. The van der Waals surface area contributed by atoms with Crippen molar-refractivity contribution in [1.29, 1.82) is 0 Å². The van der Waals surface area contributed by atoms with E-state index in [4.69, 9.17) is 15.2 Å². The summed E-state index contributed by atoms with van der Waals surface area (Å²) in [5.41, 5.74) is 6.66. The van der Waals surface area contributed by atoms with Gasteiger partial charge in [0, 0.05) is 6.42 Å². The van der Waals surface area contributed by atoms with Crippen LogP contribution in [0, 0.1) is 6.92 Å². The fourth-order valence-corrected chi connectivity index (χ4v) is 1.91. The molecule has 0 bridgehead atoms. The van der Waals surface area contributed by atoms with Crippen LogP contribution in [-0.4, -0.2) is 24.8 Å². The average molecular weight is 234 g/mol. The van der Waals surface area contributed by atoms with E-state index >= 15 is 0 Å². The first kappa shape index (κ1) is 11.8. The molecule has 0 aliphatic carbocycles. The zero-order valence-electron chi connectivity index (χ0n) is 10.2. The number of ether oxygens (including phenoxy) is 2. The maximum absolute atomic E-state index is 5.83. The second kappa shape index (κ2) is 5.08. The molecule has 1 aliphatic heterocycles. The number of nitrogens with two attached hydrogens (primary N) is 1. The normalized spacial score (nSPS) is 20.6. The molecule has 0 fully saturated rings. The lowest BCUT2D eigenvalue weighted by molar-refractivity contribution is 0.189. The second-order valence-corrected chi connectivity index (χ2v) is 4.41. The lowest BCUT2D eigenvalue weighted by atomic mass is 10.1. The lowest BCUT2D eigenvalue weighted by Gasteiger charge is -2.16. The van der Waals surface area contributed by atoms with Crippen LogP contribution in [0.4, 0.5) is 0 Å². The maximum atomic E-state index is 5.83. The van der Waals surface area contributed by atoms with Gasteiger partial charge in [0.05, 0.1) is 12.1 Å². The summed E-state index contributed by atoms with van der Waals surface area (Å²) in [7, 11) is 0. The summed E-state index contributed by atoms with van der Waals surface area (Å²) in [6, 6.07) is 8.44. The molecule has 17 heavy (non-hydrogen) atoms. The molecule has 2 atom stereocenters. The van der Waals surface area contributed by atoms with E-state index in [9.17, 15) is 0 Å². The van der Waals surface area contributed by atoms with E-state index in [1.54, 1.807) is 0 Å². The first-order valence-electron chi connectivity index (χ1n) is 5.83. The Balaban J connectivity index is 1.87. The van der Waals surface area contributed by atoms with Crippen LogP contribution in [0.25, 0.3) is 0 Å². The molecule has 0 amide bonds. The smallest absolute Gasteiger partial charge is 0.282 e. The van der Waals surface area contributed by atoms with E-state index in [0.717, 1.165) is 12.2 Å². The van der Waals surface area contributed by atoms with Crippen LogP contribution >= 0.6 is 0 Å². The van der Waals surface area contributed by atoms with Crippen molar-refractivity contribution in [2.45, 2.75) is 32.4 Å². The standard InChI is InChI=1S/C13H18N2O2/c1-9-4-3-5-12(6-9)17-10(2)7-11-8-16-13(14)15-11/h3-6,10-11H,7-8H2,1-2H3,(H2,14,15)/t10?,11-/m0/s1. The topological polar surface area (TPSA) is 56.8 Å². The zero-order valence-corrected chi connectivity index (χ0v) is 10.2. The van der Waals surface area contributed by atoms with Crippen molar-refractivity contribution < 1.29 is 9.47 Å². The lowest BCUT2D eigenvalue weighted by Crippen LogP contribution is -2.20. The van der Waals surface area contributed by atoms with Gasteiger partial charge in [-0.1, -0.05) is 12.1 Å². The molecule has 0 aromatic heterocycles. The van der Waals surface area contributed by atoms with Gasteiger partial charge < -0.3 is 15.2 Å². The first-order chi connectivity index (χ1) is 8.13. The van der Waals surface area contributed by atoms with E-state index < -0.39 is 0 Å². The van der Waals surface area contributed by atoms with Gasteiger partial charge in [-0.15, -0.1) is 0 Å². The monoisotopic (exact) mass is 234 g/mol. The van der Waals surface area contributed by atoms with Gasteiger partial charge in [0.2, 0.25) is 0 Å². The highest BCUT2D eigenvalue weighted by Crippen LogP contribution is 2.17. The molecular weight excluding hydrogens is 216 g/mol. The molecule has 1 aliphatic rings. The molecule has 1 unspecified atom stereocenters. The van der Waals surface area contributed by atoms with Gasteiger partial charge in [0.1, 0.15) is 12.4 Å². The fourth-order valence-electron chi connectivity index (χ4n) is 1.91. The summed E-state index contributed by atoms with van der Waals surface area (Å²) < 4.78 is 10.9. The SMILES string of the molecule is Cc1cccc(OC(C)C[C@H]2COC(N)=N2)c1. The third-order valence-electron chi connectivity index (χ3n) is 2.66. The molecule has 92 valence electrons. The number of benzene rings is 1. The summed E-state index contributed by atoms with van der Waals surface area (Å²) in [4.78, 5) is 4.18. The Morgan fingerprint density at radius 3 is 3.06 bits per heavy atom. The number of aliphatic imine (C=N–C) groups is 1. The van der Waals surface area contributed by atoms with Gasteiger partial charge in [-0.25, -0.2) is 4.99 Å². The van der Waals surface area contributed by atoms with Gasteiger partial charge >= 0.3 is 0 Å². The molecule has 1 heterocycles. The van der Waals surface area contributed by atoms with Gasteiger partial charge in [-0.05, 0) is 31.5 Å². The predicted octanol–water partition coefficient (Wildman–Crippen LogP) is 1.87. The van der Waals surface area contributed by atoms with Crippen LogP contribution in [0.2, 0.25) is 0 Å². The molecule has 4 nitrogen and oxygen atoms in total. The van der Waals surface area contributed by atoms with Crippen molar-refractivity contribution in [2.75, 3.05) is 6.61 Å². The van der Waals surface area contributed by atoms with Crippen LogP contribution in [0.1, 0.15) is 18.9 Å². The molecule has 0 spiro atoms. The Bertz CT molecular complexity index is 418. The van der Waals surface area contributed by atoms with Crippen LogP contribution in [0.15, 0.2) is 29.3 Å². The van der Waals surface area contributed by atoms with Gasteiger partial charge in [0.25, 0.3) is 6.02 Å². The summed E-state index contributed by atoms with van der Waals surface area (Å²) >= 11 is 0. The molecule has 2 rings (SSSR count). The number of rotatable bonds is 4. The number of aryl methyl sites for hydroxylation is 1.